The lowest BCUT2D eigenvalue weighted by atomic mass is 10.0. The highest BCUT2D eigenvalue weighted by Gasteiger charge is 2.27. The van der Waals surface area contributed by atoms with Crippen LogP contribution in [-0.2, 0) is 32.7 Å². The van der Waals surface area contributed by atoms with E-state index in [-0.39, 0.29) is 25.6 Å². The molecule has 0 fully saturated rings. The zero-order valence-electron chi connectivity index (χ0n) is 46.2. The average Bonchev–Trinajstić information content (AvgIpc) is 3.32. The van der Waals surface area contributed by atoms with E-state index in [9.17, 15) is 19.0 Å². The molecule has 0 rings (SSSR count). The lowest BCUT2D eigenvalue weighted by Crippen LogP contribution is -2.37. The zero-order chi connectivity index (χ0) is 51.3. The van der Waals surface area contributed by atoms with Gasteiger partial charge >= 0.3 is 19.8 Å². The number of carbonyl (C=O) groups is 2. The summed E-state index contributed by atoms with van der Waals surface area (Å²) >= 11 is 0. The number of nitrogens with zero attached hydrogens (tertiary/aromatic N) is 1. The second-order valence-electron chi connectivity index (χ2n) is 20.7. The molecule has 70 heavy (non-hydrogen) atoms. The number of esters is 2. The summed E-state index contributed by atoms with van der Waals surface area (Å²) in [6.07, 6.45) is 65.7. The van der Waals surface area contributed by atoms with Crippen molar-refractivity contribution in [2.45, 2.75) is 264 Å². The molecule has 0 bridgehead atoms. The van der Waals surface area contributed by atoms with E-state index in [2.05, 4.69) is 74.6 Å². The molecule has 2 atom stereocenters. The normalized spacial score (nSPS) is 13.7. The van der Waals surface area contributed by atoms with E-state index in [4.69, 9.17) is 18.5 Å². The van der Waals surface area contributed by atoms with Gasteiger partial charge in [-0.15, -0.1) is 0 Å². The van der Waals surface area contributed by atoms with Crippen molar-refractivity contribution in [1.29, 1.82) is 0 Å². The van der Waals surface area contributed by atoms with Crippen LogP contribution in [0.5, 0.6) is 0 Å². The van der Waals surface area contributed by atoms with E-state index in [1.54, 1.807) is 0 Å². The highest BCUT2D eigenvalue weighted by Crippen LogP contribution is 2.43. The van der Waals surface area contributed by atoms with Crippen LogP contribution in [-0.4, -0.2) is 74.9 Å². The molecule has 10 heteroatoms. The maximum absolute atomic E-state index is 12.8. The van der Waals surface area contributed by atoms with Gasteiger partial charge in [0.25, 0.3) is 0 Å². The monoisotopic (exact) mass is 1000 g/mol. The minimum absolute atomic E-state index is 0.0317. The largest absolute Gasteiger partial charge is 0.472 e. The number of ether oxygens (including phenoxy) is 2. The van der Waals surface area contributed by atoms with E-state index < -0.39 is 26.5 Å². The van der Waals surface area contributed by atoms with Gasteiger partial charge in [-0.05, 0) is 57.8 Å². The van der Waals surface area contributed by atoms with E-state index in [0.29, 0.717) is 23.9 Å². The minimum atomic E-state index is -4.38. The number of hydrogen-bond donors (Lipinski definition) is 1. The summed E-state index contributed by atoms with van der Waals surface area (Å²) in [4.78, 5) is 35.7. The smallest absolute Gasteiger partial charge is 0.462 e. The number of likely N-dealkylation sites (N-methyl/N-ethyl adjacent to an activating group) is 1. The maximum atomic E-state index is 12.8. The second kappa shape index (κ2) is 51.6. The van der Waals surface area contributed by atoms with Crippen LogP contribution >= 0.6 is 7.82 Å². The molecule has 408 valence electrons. The Hall–Kier alpha value is -2.29. The Morgan fingerprint density at radius 2 is 0.814 bits per heavy atom. The van der Waals surface area contributed by atoms with Crippen molar-refractivity contribution in [3.63, 3.8) is 0 Å². The van der Waals surface area contributed by atoms with Crippen molar-refractivity contribution in [1.82, 2.24) is 0 Å². The minimum Gasteiger partial charge on any atom is -0.462 e. The molecule has 0 aromatic heterocycles. The topological polar surface area (TPSA) is 108 Å². The molecular weight excluding hydrogens is 894 g/mol. The molecule has 1 N–H and O–H groups in total. The lowest BCUT2D eigenvalue weighted by molar-refractivity contribution is -0.870. The fraction of sp³-hybridized carbons (Fsp3) is 0.800. The van der Waals surface area contributed by atoms with E-state index in [0.717, 1.165) is 70.6 Å². The standard InChI is InChI=1S/C60H110NO8P/c1-6-8-10-12-14-16-18-20-22-24-25-26-27-28-29-30-31-32-33-34-35-37-39-41-43-45-47-49-51-53-60(63)69-58(57-68-70(64,65)67-55-54-61(3,4)5)56-66-59(62)52-50-48-46-44-42-40-38-36-23-21-19-17-15-13-11-9-7-2/h8,10,14,16,20,22,25-26,28-29,58H,6-7,9,11-13,15,17-19,21,23-24,27,30-57H2,1-5H3/p+1/b10-8-,16-14-,22-20-,26-25-,29-28-. The van der Waals surface area contributed by atoms with Crippen LogP contribution in [0.1, 0.15) is 258 Å². The van der Waals surface area contributed by atoms with Gasteiger partial charge in [-0.3, -0.25) is 18.6 Å². The van der Waals surface area contributed by atoms with Crippen LogP contribution in [0.2, 0.25) is 0 Å². The second-order valence-corrected chi connectivity index (χ2v) is 22.1. The van der Waals surface area contributed by atoms with Gasteiger partial charge in [-0.25, -0.2) is 4.57 Å². The molecule has 0 radical (unpaired) electrons. The highest BCUT2D eigenvalue weighted by atomic mass is 31.2. The molecule has 2 unspecified atom stereocenters. The maximum Gasteiger partial charge on any atom is 0.472 e. The van der Waals surface area contributed by atoms with Crippen molar-refractivity contribution < 1.29 is 42.1 Å². The Morgan fingerprint density at radius 3 is 1.21 bits per heavy atom. The summed E-state index contributed by atoms with van der Waals surface area (Å²) in [6, 6.07) is 0. The predicted molar refractivity (Wildman–Crippen MR) is 298 cm³/mol. The average molecular weight is 1010 g/mol. The Labute approximate surface area is 432 Å². The molecule has 0 aromatic carbocycles. The molecule has 0 heterocycles. The Kier molecular flexibility index (Phi) is 49.9. The fourth-order valence-electron chi connectivity index (χ4n) is 8.10. The fourth-order valence-corrected chi connectivity index (χ4v) is 8.84. The Bertz CT molecular complexity index is 1370. The van der Waals surface area contributed by atoms with Crippen LogP contribution in [0, 0.1) is 0 Å². The first kappa shape index (κ1) is 67.7. The van der Waals surface area contributed by atoms with Crippen LogP contribution in [0.4, 0.5) is 0 Å². The number of rotatable bonds is 53. The van der Waals surface area contributed by atoms with Gasteiger partial charge in [0.1, 0.15) is 19.8 Å². The third-order valence-electron chi connectivity index (χ3n) is 12.6. The molecule has 0 spiro atoms. The van der Waals surface area contributed by atoms with Crippen molar-refractivity contribution in [3.05, 3.63) is 60.8 Å². The summed E-state index contributed by atoms with van der Waals surface area (Å²) in [5, 5.41) is 0. The molecule has 9 nitrogen and oxygen atoms in total. The van der Waals surface area contributed by atoms with Crippen molar-refractivity contribution in [3.8, 4) is 0 Å². The number of unbranched alkanes of at least 4 members (excludes halogenated alkanes) is 29. The summed E-state index contributed by atoms with van der Waals surface area (Å²) in [5.74, 6) is -0.789. The first-order chi connectivity index (χ1) is 34.0. The van der Waals surface area contributed by atoms with Gasteiger partial charge in [0.05, 0.1) is 27.7 Å². The zero-order valence-corrected chi connectivity index (χ0v) is 47.1. The van der Waals surface area contributed by atoms with Gasteiger partial charge in [0.2, 0.25) is 0 Å². The number of carbonyl (C=O) groups excluding carboxylic acids is 2. The lowest BCUT2D eigenvalue weighted by Gasteiger charge is -2.24. The number of allylic oxidation sites excluding steroid dienone is 10. The van der Waals surface area contributed by atoms with Crippen LogP contribution in [0.25, 0.3) is 0 Å². The molecule has 0 aromatic rings. The Balaban J connectivity index is 4.12. The molecule has 0 aliphatic rings. The molecule has 0 saturated carbocycles. The number of phosphoric acid groups is 1. The van der Waals surface area contributed by atoms with Gasteiger partial charge in [-0.1, -0.05) is 248 Å². The summed E-state index contributed by atoms with van der Waals surface area (Å²) in [7, 11) is 1.48. The third kappa shape index (κ3) is 55.0. The van der Waals surface area contributed by atoms with E-state index >= 15 is 0 Å². The predicted octanol–water partition coefficient (Wildman–Crippen LogP) is 17.9. The van der Waals surface area contributed by atoms with E-state index in [1.165, 1.54) is 154 Å². The van der Waals surface area contributed by atoms with Crippen molar-refractivity contribution in [2.24, 2.45) is 0 Å². The molecule has 0 saturated heterocycles. The van der Waals surface area contributed by atoms with Crippen molar-refractivity contribution >= 4 is 19.8 Å². The van der Waals surface area contributed by atoms with Crippen LogP contribution in [0.3, 0.4) is 0 Å². The third-order valence-corrected chi connectivity index (χ3v) is 13.5. The van der Waals surface area contributed by atoms with Gasteiger partial charge in [0.15, 0.2) is 6.10 Å². The highest BCUT2D eigenvalue weighted by molar-refractivity contribution is 7.47. The molecule has 0 aliphatic carbocycles. The summed E-state index contributed by atoms with van der Waals surface area (Å²) in [6.45, 7) is 4.35. The first-order valence-corrected chi connectivity index (χ1v) is 30.5. The summed E-state index contributed by atoms with van der Waals surface area (Å²) < 4.78 is 34.6. The first-order valence-electron chi connectivity index (χ1n) is 29.0. The number of phosphoric ester groups is 1. The van der Waals surface area contributed by atoms with Crippen molar-refractivity contribution in [2.75, 3.05) is 47.5 Å². The van der Waals surface area contributed by atoms with Crippen LogP contribution in [0.15, 0.2) is 60.8 Å². The Morgan fingerprint density at radius 1 is 0.457 bits per heavy atom. The van der Waals surface area contributed by atoms with Gasteiger partial charge < -0.3 is 18.9 Å². The SMILES string of the molecule is CC/C=C\C/C=C\C/C=C\C/C=C\C/C=C\CCCCCCCCCCCCCCCC(=O)OC(COC(=O)CCCCCCCCCCCCCCCCCCC)COP(=O)(O)OCC[N+](C)(C)C. The number of hydrogen-bond acceptors (Lipinski definition) is 7. The quantitative estimate of drug-likeness (QED) is 0.0211. The summed E-state index contributed by atoms with van der Waals surface area (Å²) in [5.41, 5.74) is 0. The number of quaternary nitrogens is 1. The van der Waals surface area contributed by atoms with Crippen LogP contribution < -0.4 is 0 Å². The molecule has 0 aliphatic heterocycles. The van der Waals surface area contributed by atoms with Gasteiger partial charge in [0, 0.05) is 12.8 Å². The van der Waals surface area contributed by atoms with Gasteiger partial charge in [-0.2, -0.15) is 0 Å². The van der Waals surface area contributed by atoms with E-state index in [1.807, 2.05) is 21.1 Å². The molecule has 0 amide bonds. The molecular formula is C60H111NO8P+.